The van der Waals surface area contributed by atoms with Crippen LogP contribution >= 0.6 is 15.9 Å². The van der Waals surface area contributed by atoms with Crippen LogP contribution in [0.5, 0.6) is 0 Å². The monoisotopic (exact) mass is 310 g/mol. The molecule has 0 aliphatic heterocycles. The summed E-state index contributed by atoms with van der Waals surface area (Å²) in [6, 6.07) is 5.18. The van der Waals surface area contributed by atoms with Gasteiger partial charge in [-0.1, -0.05) is 15.9 Å². The Morgan fingerprint density at radius 1 is 1.39 bits per heavy atom. The maximum Gasteiger partial charge on any atom is 0.167 e. The van der Waals surface area contributed by atoms with Crippen LogP contribution in [-0.2, 0) is 6.54 Å². The molecule has 1 fully saturated rings. The fourth-order valence-corrected chi connectivity index (χ4v) is 2.39. The zero-order valence-electron chi connectivity index (χ0n) is 9.61. The molecule has 6 heteroatoms. The molecule has 1 saturated carbocycles. The van der Waals surface area contributed by atoms with Crippen molar-refractivity contribution in [3.05, 3.63) is 34.3 Å². The first-order valence-corrected chi connectivity index (χ1v) is 6.59. The predicted octanol–water partition coefficient (Wildman–Crippen LogP) is 2.64. The third-order valence-corrected chi connectivity index (χ3v) is 3.52. The minimum absolute atomic E-state index is 0.295. The normalized spacial score (nSPS) is 15.1. The second-order valence-electron chi connectivity index (χ2n) is 4.37. The van der Waals surface area contributed by atoms with Gasteiger partial charge in [-0.05, 0) is 31.0 Å². The summed E-state index contributed by atoms with van der Waals surface area (Å²) in [5.74, 6) is 0.986. The minimum atomic E-state index is -0.295. The number of nitrogens with zero attached hydrogens (tertiary/aromatic N) is 3. The quantitative estimate of drug-likeness (QED) is 0.948. The van der Waals surface area contributed by atoms with E-state index in [0.29, 0.717) is 29.8 Å². The summed E-state index contributed by atoms with van der Waals surface area (Å²) in [6.45, 7) is 0.319. The summed E-state index contributed by atoms with van der Waals surface area (Å²) in [5.41, 5.74) is 6.11. The standard InChI is InChI=1S/C12H12BrFN4/c13-7-1-4-10(14)9(5-7)12-17-16-11(6-15)18(12)8-2-3-8/h1,4-5,8H,2-3,6,15H2. The van der Waals surface area contributed by atoms with E-state index in [-0.39, 0.29) is 5.82 Å². The Hall–Kier alpha value is -1.27. The smallest absolute Gasteiger partial charge is 0.167 e. The first-order chi connectivity index (χ1) is 8.70. The third-order valence-electron chi connectivity index (χ3n) is 3.03. The van der Waals surface area contributed by atoms with E-state index in [1.165, 1.54) is 6.07 Å². The van der Waals surface area contributed by atoms with Crippen molar-refractivity contribution in [1.82, 2.24) is 14.8 Å². The molecule has 3 rings (SSSR count). The largest absolute Gasteiger partial charge is 0.324 e. The molecule has 2 aromatic rings. The number of hydrogen-bond donors (Lipinski definition) is 1. The zero-order chi connectivity index (χ0) is 12.7. The lowest BCUT2D eigenvalue weighted by molar-refractivity contribution is 0.624. The van der Waals surface area contributed by atoms with Gasteiger partial charge in [-0.25, -0.2) is 4.39 Å². The number of halogens is 2. The van der Waals surface area contributed by atoms with Crippen LogP contribution in [0.1, 0.15) is 24.7 Å². The molecule has 18 heavy (non-hydrogen) atoms. The van der Waals surface area contributed by atoms with E-state index in [0.717, 1.165) is 17.3 Å². The summed E-state index contributed by atoms with van der Waals surface area (Å²) in [5, 5.41) is 8.14. The van der Waals surface area contributed by atoms with Gasteiger partial charge in [0.2, 0.25) is 0 Å². The molecular formula is C12H12BrFN4. The van der Waals surface area contributed by atoms with E-state index in [2.05, 4.69) is 26.1 Å². The van der Waals surface area contributed by atoms with Gasteiger partial charge in [0.05, 0.1) is 12.1 Å². The van der Waals surface area contributed by atoms with Crippen molar-refractivity contribution in [3.8, 4) is 11.4 Å². The van der Waals surface area contributed by atoms with Gasteiger partial charge in [-0.15, -0.1) is 10.2 Å². The molecule has 1 aromatic carbocycles. The summed E-state index contributed by atoms with van der Waals surface area (Å²) >= 11 is 3.35. The highest BCUT2D eigenvalue weighted by Gasteiger charge is 2.30. The van der Waals surface area contributed by atoms with E-state index in [1.807, 2.05) is 4.57 Å². The van der Waals surface area contributed by atoms with Crippen LogP contribution in [0, 0.1) is 5.82 Å². The van der Waals surface area contributed by atoms with E-state index in [9.17, 15) is 4.39 Å². The third kappa shape index (κ3) is 1.95. The Balaban J connectivity index is 2.16. The van der Waals surface area contributed by atoms with Crippen LogP contribution in [0.3, 0.4) is 0 Å². The van der Waals surface area contributed by atoms with Gasteiger partial charge in [0, 0.05) is 10.5 Å². The highest BCUT2D eigenvalue weighted by molar-refractivity contribution is 9.10. The molecule has 94 valence electrons. The average molecular weight is 311 g/mol. The van der Waals surface area contributed by atoms with Crippen molar-refractivity contribution in [3.63, 3.8) is 0 Å². The van der Waals surface area contributed by atoms with Crippen molar-refractivity contribution in [2.24, 2.45) is 5.73 Å². The molecule has 2 N–H and O–H groups in total. The van der Waals surface area contributed by atoms with Crippen molar-refractivity contribution in [2.75, 3.05) is 0 Å². The lowest BCUT2D eigenvalue weighted by Crippen LogP contribution is -2.08. The number of rotatable bonds is 3. The fourth-order valence-electron chi connectivity index (χ4n) is 2.03. The molecular weight excluding hydrogens is 299 g/mol. The van der Waals surface area contributed by atoms with Gasteiger partial charge in [0.1, 0.15) is 11.6 Å². The van der Waals surface area contributed by atoms with Crippen molar-refractivity contribution >= 4 is 15.9 Å². The van der Waals surface area contributed by atoms with E-state index >= 15 is 0 Å². The second kappa shape index (κ2) is 4.44. The molecule has 0 saturated heterocycles. The second-order valence-corrected chi connectivity index (χ2v) is 5.28. The number of hydrogen-bond acceptors (Lipinski definition) is 3. The zero-order valence-corrected chi connectivity index (χ0v) is 11.2. The number of nitrogens with two attached hydrogens (primary N) is 1. The van der Waals surface area contributed by atoms with Crippen LogP contribution in [0.15, 0.2) is 22.7 Å². The maximum absolute atomic E-state index is 13.9. The first-order valence-electron chi connectivity index (χ1n) is 5.80. The van der Waals surface area contributed by atoms with Gasteiger partial charge in [-0.3, -0.25) is 0 Å². The highest BCUT2D eigenvalue weighted by Crippen LogP contribution is 2.39. The molecule has 0 bridgehead atoms. The summed E-state index contributed by atoms with van der Waals surface area (Å²) in [4.78, 5) is 0. The Labute approximate surface area is 112 Å². The van der Waals surface area contributed by atoms with E-state index in [1.54, 1.807) is 12.1 Å². The molecule has 1 aliphatic rings. The van der Waals surface area contributed by atoms with Crippen LogP contribution in [0.25, 0.3) is 11.4 Å². The Kier molecular flexibility index (Phi) is 2.91. The van der Waals surface area contributed by atoms with Crippen LogP contribution in [-0.4, -0.2) is 14.8 Å². The van der Waals surface area contributed by atoms with Gasteiger partial charge in [-0.2, -0.15) is 0 Å². The molecule has 1 aliphatic carbocycles. The molecule has 0 spiro atoms. The summed E-state index contributed by atoms with van der Waals surface area (Å²) in [7, 11) is 0. The van der Waals surface area contributed by atoms with Crippen LogP contribution in [0.4, 0.5) is 4.39 Å². The molecule has 4 nitrogen and oxygen atoms in total. The molecule has 1 heterocycles. The van der Waals surface area contributed by atoms with Crippen molar-refractivity contribution in [2.45, 2.75) is 25.4 Å². The summed E-state index contributed by atoms with van der Waals surface area (Å²) < 4.78 is 16.7. The number of aromatic nitrogens is 3. The minimum Gasteiger partial charge on any atom is -0.324 e. The predicted molar refractivity (Wildman–Crippen MR) is 69.3 cm³/mol. The maximum atomic E-state index is 13.9. The van der Waals surface area contributed by atoms with Gasteiger partial charge < -0.3 is 10.3 Å². The lowest BCUT2D eigenvalue weighted by atomic mass is 10.2. The van der Waals surface area contributed by atoms with Crippen LogP contribution < -0.4 is 5.73 Å². The Morgan fingerprint density at radius 2 is 2.17 bits per heavy atom. The fraction of sp³-hybridized carbons (Fsp3) is 0.333. The topological polar surface area (TPSA) is 56.7 Å². The Bertz CT molecular complexity index is 592. The van der Waals surface area contributed by atoms with E-state index in [4.69, 9.17) is 5.73 Å². The Morgan fingerprint density at radius 3 is 2.83 bits per heavy atom. The molecule has 1 aromatic heterocycles. The summed E-state index contributed by atoms with van der Waals surface area (Å²) in [6.07, 6.45) is 2.15. The van der Waals surface area contributed by atoms with Gasteiger partial charge in [0.15, 0.2) is 5.82 Å². The average Bonchev–Trinajstić information content (AvgIpc) is 3.12. The molecule has 0 unspecified atom stereocenters. The van der Waals surface area contributed by atoms with Crippen LogP contribution in [0.2, 0.25) is 0 Å². The molecule has 0 radical (unpaired) electrons. The number of benzene rings is 1. The lowest BCUT2D eigenvalue weighted by Gasteiger charge is -2.08. The van der Waals surface area contributed by atoms with Crippen molar-refractivity contribution in [1.29, 1.82) is 0 Å². The molecule has 0 amide bonds. The first kappa shape index (κ1) is 11.8. The van der Waals surface area contributed by atoms with E-state index < -0.39 is 0 Å². The molecule has 0 atom stereocenters. The highest BCUT2D eigenvalue weighted by atomic mass is 79.9. The van der Waals surface area contributed by atoms with Gasteiger partial charge >= 0.3 is 0 Å². The van der Waals surface area contributed by atoms with Gasteiger partial charge in [0.25, 0.3) is 0 Å². The van der Waals surface area contributed by atoms with Crippen molar-refractivity contribution < 1.29 is 4.39 Å². The SMILES string of the molecule is NCc1nnc(-c2cc(Br)ccc2F)n1C1CC1.